The molecule has 1 heterocycles. The van der Waals surface area contributed by atoms with Gasteiger partial charge in [0.15, 0.2) is 0 Å². The van der Waals surface area contributed by atoms with Crippen molar-refractivity contribution in [1.29, 1.82) is 0 Å². The van der Waals surface area contributed by atoms with Crippen molar-refractivity contribution in [3.05, 3.63) is 0 Å². The molecular formula is C10H21NO2. The molecule has 13 heavy (non-hydrogen) atoms. The number of rotatable bonds is 2. The van der Waals surface area contributed by atoms with E-state index >= 15 is 0 Å². The third kappa shape index (κ3) is 1.60. The first-order valence-electron chi connectivity index (χ1n) is 4.79. The van der Waals surface area contributed by atoms with Gasteiger partial charge < -0.3 is 15.2 Å². The van der Waals surface area contributed by atoms with E-state index in [9.17, 15) is 5.11 Å². The van der Waals surface area contributed by atoms with E-state index in [1.807, 2.05) is 20.9 Å². The predicted octanol–water partition coefficient (Wildman–Crippen LogP) is 0.914. The number of ether oxygens (including phenoxy) is 1. The zero-order valence-corrected chi connectivity index (χ0v) is 9.27. The van der Waals surface area contributed by atoms with Gasteiger partial charge in [0.1, 0.15) is 0 Å². The molecule has 0 aliphatic carbocycles. The SMILES string of the molecule is CNC1(CO)CC(C)(C)OC1(C)C. The van der Waals surface area contributed by atoms with Gasteiger partial charge in [0.2, 0.25) is 0 Å². The molecule has 2 N–H and O–H groups in total. The normalized spacial score (nSPS) is 36.5. The third-order valence-electron chi connectivity index (χ3n) is 3.16. The average Bonchev–Trinajstić information content (AvgIpc) is 2.15. The summed E-state index contributed by atoms with van der Waals surface area (Å²) in [6.45, 7) is 8.27. The summed E-state index contributed by atoms with van der Waals surface area (Å²) in [5.41, 5.74) is -0.786. The van der Waals surface area contributed by atoms with Crippen LogP contribution in [-0.4, -0.2) is 35.5 Å². The Morgan fingerprint density at radius 1 is 1.31 bits per heavy atom. The third-order valence-corrected chi connectivity index (χ3v) is 3.16. The molecule has 0 aromatic heterocycles. The van der Waals surface area contributed by atoms with Crippen molar-refractivity contribution in [2.45, 2.75) is 50.9 Å². The standard InChI is InChI=1S/C10H21NO2/c1-8(2)6-10(7-12,11-5)9(3,4)13-8/h11-12H,6-7H2,1-5H3. The molecule has 1 fully saturated rings. The predicted molar refractivity (Wildman–Crippen MR) is 52.7 cm³/mol. The number of hydrogen-bond donors (Lipinski definition) is 2. The lowest BCUT2D eigenvalue weighted by Gasteiger charge is -2.38. The second-order valence-corrected chi connectivity index (χ2v) is 5.04. The lowest BCUT2D eigenvalue weighted by Crippen LogP contribution is -2.58. The fraction of sp³-hybridized carbons (Fsp3) is 1.00. The molecule has 0 aromatic rings. The minimum absolute atomic E-state index is 0.111. The number of hydrogen-bond acceptors (Lipinski definition) is 3. The van der Waals surface area contributed by atoms with Crippen LogP contribution in [0.15, 0.2) is 0 Å². The maximum atomic E-state index is 9.44. The van der Waals surface area contributed by atoms with Crippen molar-refractivity contribution in [1.82, 2.24) is 5.32 Å². The first-order chi connectivity index (χ1) is 5.79. The van der Waals surface area contributed by atoms with Crippen LogP contribution in [0.25, 0.3) is 0 Å². The largest absolute Gasteiger partial charge is 0.394 e. The highest BCUT2D eigenvalue weighted by Gasteiger charge is 2.56. The van der Waals surface area contributed by atoms with Crippen molar-refractivity contribution < 1.29 is 9.84 Å². The topological polar surface area (TPSA) is 41.5 Å². The van der Waals surface area contributed by atoms with Gasteiger partial charge in [0.25, 0.3) is 0 Å². The fourth-order valence-electron chi connectivity index (χ4n) is 2.48. The fourth-order valence-corrected chi connectivity index (χ4v) is 2.48. The molecule has 1 rings (SSSR count). The number of nitrogens with one attached hydrogen (secondary N) is 1. The molecule has 1 unspecified atom stereocenters. The van der Waals surface area contributed by atoms with E-state index in [0.717, 1.165) is 6.42 Å². The number of aliphatic hydroxyl groups excluding tert-OH is 1. The second kappa shape index (κ2) is 2.94. The number of aliphatic hydroxyl groups is 1. The highest BCUT2D eigenvalue weighted by molar-refractivity contribution is 5.10. The monoisotopic (exact) mass is 187 g/mol. The van der Waals surface area contributed by atoms with Crippen LogP contribution >= 0.6 is 0 Å². The minimum atomic E-state index is -0.319. The van der Waals surface area contributed by atoms with Crippen LogP contribution in [-0.2, 0) is 4.74 Å². The highest BCUT2D eigenvalue weighted by atomic mass is 16.5. The average molecular weight is 187 g/mol. The molecule has 0 radical (unpaired) electrons. The van der Waals surface area contributed by atoms with Gasteiger partial charge in [-0.3, -0.25) is 0 Å². The van der Waals surface area contributed by atoms with E-state index in [-0.39, 0.29) is 23.3 Å². The van der Waals surface area contributed by atoms with Crippen LogP contribution in [0.3, 0.4) is 0 Å². The Kier molecular flexibility index (Phi) is 2.48. The summed E-state index contributed by atoms with van der Waals surface area (Å²) in [4.78, 5) is 0. The van der Waals surface area contributed by atoms with Gasteiger partial charge in [-0.1, -0.05) is 0 Å². The molecule has 0 amide bonds. The van der Waals surface area contributed by atoms with Crippen LogP contribution in [0, 0.1) is 0 Å². The number of likely N-dealkylation sites (N-methyl/N-ethyl adjacent to an activating group) is 1. The van der Waals surface area contributed by atoms with Gasteiger partial charge in [-0.05, 0) is 41.2 Å². The molecule has 0 spiro atoms. The maximum absolute atomic E-state index is 9.44. The van der Waals surface area contributed by atoms with Gasteiger partial charge >= 0.3 is 0 Å². The van der Waals surface area contributed by atoms with Crippen molar-refractivity contribution >= 4 is 0 Å². The van der Waals surface area contributed by atoms with Gasteiger partial charge in [-0.2, -0.15) is 0 Å². The molecule has 0 aromatic carbocycles. The molecule has 3 heteroatoms. The summed E-state index contributed by atoms with van der Waals surface area (Å²) in [5, 5.41) is 12.6. The van der Waals surface area contributed by atoms with Crippen LogP contribution in [0.2, 0.25) is 0 Å². The van der Waals surface area contributed by atoms with Gasteiger partial charge in [-0.25, -0.2) is 0 Å². The molecule has 0 bridgehead atoms. The van der Waals surface area contributed by atoms with Crippen molar-refractivity contribution in [3.63, 3.8) is 0 Å². The first kappa shape index (κ1) is 11.0. The molecule has 1 aliphatic heterocycles. The summed E-state index contributed by atoms with van der Waals surface area (Å²) in [7, 11) is 1.88. The van der Waals surface area contributed by atoms with Crippen molar-refractivity contribution in [3.8, 4) is 0 Å². The Balaban J connectivity index is 2.98. The van der Waals surface area contributed by atoms with Crippen LogP contribution < -0.4 is 5.32 Å². The zero-order chi connectivity index (χ0) is 10.3. The molecule has 3 nitrogen and oxygen atoms in total. The minimum Gasteiger partial charge on any atom is -0.394 e. The van der Waals surface area contributed by atoms with E-state index in [1.165, 1.54) is 0 Å². The molecule has 78 valence electrons. The Hall–Kier alpha value is -0.120. The highest BCUT2D eigenvalue weighted by Crippen LogP contribution is 2.44. The van der Waals surface area contributed by atoms with E-state index in [0.29, 0.717) is 0 Å². The Morgan fingerprint density at radius 3 is 2.00 bits per heavy atom. The van der Waals surface area contributed by atoms with E-state index < -0.39 is 0 Å². The molecule has 0 saturated carbocycles. The lowest BCUT2D eigenvalue weighted by molar-refractivity contribution is -0.0884. The van der Waals surface area contributed by atoms with E-state index in [1.54, 1.807) is 0 Å². The molecule has 1 saturated heterocycles. The summed E-state index contributed by atoms with van der Waals surface area (Å²) in [6, 6.07) is 0. The maximum Gasteiger partial charge on any atom is 0.0837 e. The second-order valence-electron chi connectivity index (χ2n) is 5.04. The van der Waals surface area contributed by atoms with E-state index in [4.69, 9.17) is 4.74 Å². The quantitative estimate of drug-likeness (QED) is 0.675. The van der Waals surface area contributed by atoms with Crippen molar-refractivity contribution in [2.24, 2.45) is 0 Å². The van der Waals surface area contributed by atoms with Gasteiger partial charge in [-0.15, -0.1) is 0 Å². The molecule has 1 aliphatic rings. The van der Waals surface area contributed by atoms with E-state index in [2.05, 4.69) is 19.2 Å². The van der Waals surface area contributed by atoms with Crippen LogP contribution in [0.4, 0.5) is 0 Å². The van der Waals surface area contributed by atoms with Crippen LogP contribution in [0.5, 0.6) is 0 Å². The smallest absolute Gasteiger partial charge is 0.0837 e. The molecular weight excluding hydrogens is 166 g/mol. The summed E-state index contributed by atoms with van der Waals surface area (Å²) < 4.78 is 5.91. The molecule has 1 atom stereocenters. The van der Waals surface area contributed by atoms with Crippen molar-refractivity contribution in [2.75, 3.05) is 13.7 Å². The summed E-state index contributed by atoms with van der Waals surface area (Å²) in [5.74, 6) is 0. The lowest BCUT2D eigenvalue weighted by atomic mass is 9.80. The Morgan fingerprint density at radius 2 is 1.85 bits per heavy atom. The Labute approximate surface area is 80.5 Å². The first-order valence-corrected chi connectivity index (χ1v) is 4.79. The van der Waals surface area contributed by atoms with Gasteiger partial charge in [0, 0.05) is 0 Å². The summed E-state index contributed by atoms with van der Waals surface area (Å²) in [6.07, 6.45) is 0.833. The zero-order valence-electron chi connectivity index (χ0n) is 9.27. The van der Waals surface area contributed by atoms with Gasteiger partial charge in [0.05, 0.1) is 23.3 Å². The Bertz CT molecular complexity index is 195. The van der Waals surface area contributed by atoms with Crippen LogP contribution in [0.1, 0.15) is 34.1 Å². The summed E-state index contributed by atoms with van der Waals surface area (Å²) >= 11 is 0.